The molecule has 0 saturated heterocycles. The molecule has 0 bridgehead atoms. The first-order chi connectivity index (χ1) is 12.1. The van der Waals surface area contributed by atoms with Crippen molar-refractivity contribution in [1.29, 1.82) is 0 Å². The van der Waals surface area contributed by atoms with Crippen LogP contribution in [0, 0.1) is 0 Å². The van der Waals surface area contributed by atoms with Crippen LogP contribution in [0.25, 0.3) is 0 Å². The Labute approximate surface area is 145 Å². The number of nitrogens with zero attached hydrogens (tertiary/aromatic N) is 2. The van der Waals surface area contributed by atoms with Crippen LogP contribution in [0.4, 0.5) is 0 Å². The summed E-state index contributed by atoms with van der Waals surface area (Å²) in [6.07, 6.45) is 1.80. The zero-order valence-electron chi connectivity index (χ0n) is 13.9. The molecule has 5 heteroatoms. The van der Waals surface area contributed by atoms with Gasteiger partial charge in [0.15, 0.2) is 0 Å². The van der Waals surface area contributed by atoms with E-state index in [0.717, 1.165) is 23.3 Å². The minimum absolute atomic E-state index is 0.00103. The molecule has 0 fully saturated rings. The van der Waals surface area contributed by atoms with E-state index in [1.165, 1.54) is 5.56 Å². The summed E-state index contributed by atoms with van der Waals surface area (Å²) in [6, 6.07) is 14.8. The molecule has 5 nitrogen and oxygen atoms in total. The van der Waals surface area contributed by atoms with Crippen LogP contribution in [-0.4, -0.2) is 41.1 Å². The fraction of sp³-hybridized carbons (Fsp3) is 0.250. The number of hydrogen-bond donors (Lipinski definition) is 0. The van der Waals surface area contributed by atoms with Gasteiger partial charge in [-0.25, -0.2) is 0 Å². The highest BCUT2D eigenvalue weighted by atomic mass is 16.2. The zero-order valence-corrected chi connectivity index (χ0v) is 13.9. The highest BCUT2D eigenvalue weighted by Gasteiger charge is 2.38. The SMILES string of the molecule is CN(C(=O)CN1C(=O)c2ccccc2C1=O)[C@@H]1CCc2ccccc21. The Morgan fingerprint density at radius 2 is 1.64 bits per heavy atom. The van der Waals surface area contributed by atoms with E-state index in [-0.39, 0.29) is 18.5 Å². The van der Waals surface area contributed by atoms with Gasteiger partial charge in [-0.05, 0) is 36.1 Å². The molecule has 0 spiro atoms. The maximum atomic E-state index is 12.7. The van der Waals surface area contributed by atoms with Crippen LogP contribution >= 0.6 is 0 Å². The lowest BCUT2D eigenvalue weighted by Crippen LogP contribution is -2.42. The van der Waals surface area contributed by atoms with Crippen LogP contribution in [-0.2, 0) is 11.2 Å². The molecule has 0 aromatic heterocycles. The van der Waals surface area contributed by atoms with Crippen LogP contribution < -0.4 is 0 Å². The van der Waals surface area contributed by atoms with Crippen molar-refractivity contribution in [2.45, 2.75) is 18.9 Å². The van der Waals surface area contributed by atoms with Gasteiger partial charge in [0.05, 0.1) is 17.2 Å². The van der Waals surface area contributed by atoms with Gasteiger partial charge in [-0.3, -0.25) is 19.3 Å². The first-order valence-electron chi connectivity index (χ1n) is 8.36. The first-order valence-corrected chi connectivity index (χ1v) is 8.36. The third-order valence-electron chi connectivity index (χ3n) is 5.13. The predicted molar refractivity (Wildman–Crippen MR) is 92.1 cm³/mol. The van der Waals surface area contributed by atoms with E-state index < -0.39 is 11.8 Å². The number of amides is 3. The lowest BCUT2D eigenvalue weighted by Gasteiger charge is -2.27. The normalized spacial score (nSPS) is 18.3. The first kappa shape index (κ1) is 15.6. The largest absolute Gasteiger partial charge is 0.337 e. The van der Waals surface area contributed by atoms with Crippen LogP contribution in [0.1, 0.15) is 44.3 Å². The molecule has 0 radical (unpaired) electrons. The van der Waals surface area contributed by atoms with Gasteiger partial charge < -0.3 is 4.90 Å². The highest BCUT2D eigenvalue weighted by Crippen LogP contribution is 2.35. The summed E-state index contributed by atoms with van der Waals surface area (Å²) in [5, 5.41) is 0. The minimum Gasteiger partial charge on any atom is -0.337 e. The van der Waals surface area contributed by atoms with E-state index in [2.05, 4.69) is 6.07 Å². The topological polar surface area (TPSA) is 57.7 Å². The Hall–Kier alpha value is -2.95. The van der Waals surface area contributed by atoms with Crippen molar-refractivity contribution >= 4 is 17.7 Å². The molecule has 3 amide bonds. The van der Waals surface area contributed by atoms with Crippen LogP contribution in [0.2, 0.25) is 0 Å². The lowest BCUT2D eigenvalue weighted by molar-refractivity contribution is -0.132. The summed E-state index contributed by atoms with van der Waals surface area (Å²) in [6.45, 7) is -0.221. The van der Waals surface area contributed by atoms with E-state index in [1.807, 2.05) is 18.2 Å². The number of rotatable bonds is 3. The second kappa shape index (κ2) is 5.84. The quantitative estimate of drug-likeness (QED) is 0.810. The highest BCUT2D eigenvalue weighted by molar-refractivity contribution is 6.22. The van der Waals surface area contributed by atoms with Gasteiger partial charge >= 0.3 is 0 Å². The van der Waals surface area contributed by atoms with Gasteiger partial charge in [0.2, 0.25) is 5.91 Å². The molecule has 2 aliphatic rings. The summed E-state index contributed by atoms with van der Waals surface area (Å²) in [5.41, 5.74) is 3.15. The standard InChI is InChI=1S/C20H18N2O3/c1-21(17-11-10-13-6-2-3-7-14(13)17)18(23)12-22-19(24)15-8-4-5-9-16(15)20(22)25/h2-9,17H,10-12H2,1H3/t17-/m1/s1. The number of benzene rings is 2. The van der Waals surface area contributed by atoms with Crippen molar-refractivity contribution in [3.05, 3.63) is 70.8 Å². The maximum absolute atomic E-state index is 12.7. The summed E-state index contributed by atoms with van der Waals surface area (Å²) in [4.78, 5) is 40.3. The summed E-state index contributed by atoms with van der Waals surface area (Å²) in [7, 11) is 1.74. The van der Waals surface area contributed by atoms with E-state index in [0.29, 0.717) is 11.1 Å². The number of imide groups is 1. The number of hydrogen-bond acceptors (Lipinski definition) is 3. The molecule has 2 aromatic rings. The monoisotopic (exact) mass is 334 g/mol. The Morgan fingerprint density at radius 1 is 1.04 bits per heavy atom. The average Bonchev–Trinajstić information content (AvgIpc) is 3.17. The molecule has 1 aliphatic carbocycles. The van der Waals surface area contributed by atoms with Gasteiger partial charge in [0, 0.05) is 7.05 Å². The molecule has 2 aromatic carbocycles. The fourth-order valence-corrected chi connectivity index (χ4v) is 3.74. The third kappa shape index (κ3) is 2.43. The smallest absolute Gasteiger partial charge is 0.262 e. The molecular weight excluding hydrogens is 316 g/mol. The molecule has 0 saturated carbocycles. The molecule has 126 valence electrons. The van der Waals surface area contributed by atoms with Crippen molar-refractivity contribution in [3.63, 3.8) is 0 Å². The number of carbonyl (C=O) groups excluding carboxylic acids is 3. The molecule has 0 N–H and O–H groups in total. The van der Waals surface area contributed by atoms with E-state index in [1.54, 1.807) is 36.2 Å². The number of likely N-dealkylation sites (N-methyl/N-ethyl adjacent to an activating group) is 1. The maximum Gasteiger partial charge on any atom is 0.262 e. The van der Waals surface area contributed by atoms with E-state index in [4.69, 9.17) is 0 Å². The lowest BCUT2D eigenvalue weighted by atomic mass is 10.1. The fourth-order valence-electron chi connectivity index (χ4n) is 3.74. The van der Waals surface area contributed by atoms with Gasteiger partial charge in [-0.15, -0.1) is 0 Å². The second-order valence-electron chi connectivity index (χ2n) is 6.50. The van der Waals surface area contributed by atoms with Crippen molar-refractivity contribution in [2.24, 2.45) is 0 Å². The molecule has 4 rings (SSSR count). The Morgan fingerprint density at radius 3 is 2.32 bits per heavy atom. The van der Waals surface area contributed by atoms with E-state index >= 15 is 0 Å². The van der Waals surface area contributed by atoms with Crippen LogP contribution in [0.15, 0.2) is 48.5 Å². The Balaban J connectivity index is 1.52. The average molecular weight is 334 g/mol. The summed E-state index contributed by atoms with van der Waals surface area (Å²) in [5.74, 6) is -1.01. The number of carbonyl (C=O) groups is 3. The molecule has 25 heavy (non-hydrogen) atoms. The molecular formula is C20H18N2O3. The van der Waals surface area contributed by atoms with Crippen LogP contribution in [0.3, 0.4) is 0 Å². The predicted octanol–water partition coefficient (Wildman–Crippen LogP) is 2.43. The van der Waals surface area contributed by atoms with Crippen molar-refractivity contribution in [2.75, 3.05) is 13.6 Å². The second-order valence-corrected chi connectivity index (χ2v) is 6.50. The van der Waals surface area contributed by atoms with Crippen LogP contribution in [0.5, 0.6) is 0 Å². The van der Waals surface area contributed by atoms with Crippen molar-refractivity contribution < 1.29 is 14.4 Å². The van der Waals surface area contributed by atoms with Crippen molar-refractivity contribution in [1.82, 2.24) is 9.80 Å². The number of aryl methyl sites for hydroxylation is 1. The molecule has 0 unspecified atom stereocenters. The molecule has 1 aliphatic heterocycles. The van der Waals surface area contributed by atoms with Gasteiger partial charge in [0.25, 0.3) is 11.8 Å². The third-order valence-corrected chi connectivity index (χ3v) is 5.13. The Bertz CT molecular complexity index is 855. The molecule has 1 heterocycles. The van der Waals surface area contributed by atoms with Gasteiger partial charge in [-0.2, -0.15) is 0 Å². The molecule has 1 atom stereocenters. The van der Waals surface area contributed by atoms with Gasteiger partial charge in [-0.1, -0.05) is 36.4 Å². The van der Waals surface area contributed by atoms with Crippen molar-refractivity contribution in [3.8, 4) is 0 Å². The Kier molecular flexibility index (Phi) is 3.64. The number of fused-ring (bicyclic) bond motifs is 2. The van der Waals surface area contributed by atoms with Gasteiger partial charge in [0.1, 0.15) is 6.54 Å². The zero-order chi connectivity index (χ0) is 17.6. The van der Waals surface area contributed by atoms with E-state index in [9.17, 15) is 14.4 Å². The summed E-state index contributed by atoms with van der Waals surface area (Å²) < 4.78 is 0. The summed E-state index contributed by atoms with van der Waals surface area (Å²) >= 11 is 0. The minimum atomic E-state index is -0.394.